The van der Waals surface area contributed by atoms with E-state index in [2.05, 4.69) is 5.32 Å². The molecule has 0 aliphatic carbocycles. The van der Waals surface area contributed by atoms with E-state index >= 15 is 0 Å². The van der Waals surface area contributed by atoms with Gasteiger partial charge in [-0.15, -0.1) is 0 Å². The lowest BCUT2D eigenvalue weighted by Gasteiger charge is -2.32. The molecule has 0 atom stereocenters. The highest BCUT2D eigenvalue weighted by Gasteiger charge is 2.52. The van der Waals surface area contributed by atoms with E-state index in [0.717, 1.165) is 16.6 Å². The molecule has 4 rings (SSSR count). The van der Waals surface area contributed by atoms with Crippen LogP contribution < -0.4 is 10.1 Å². The molecule has 0 saturated carbocycles. The number of ether oxygens (including phenoxy) is 2. The Balaban J connectivity index is 1.51. The lowest BCUT2D eigenvalue weighted by molar-refractivity contribution is 0.00578. The van der Waals surface area contributed by atoms with Crippen molar-refractivity contribution in [3.8, 4) is 5.75 Å². The van der Waals surface area contributed by atoms with Crippen LogP contribution in [0.25, 0.3) is 6.08 Å². The summed E-state index contributed by atoms with van der Waals surface area (Å²) in [5.41, 5.74) is 1.97. The van der Waals surface area contributed by atoms with Gasteiger partial charge in [-0.1, -0.05) is 42.5 Å². The number of ketones is 1. The topological polar surface area (TPSA) is 83.1 Å². The van der Waals surface area contributed by atoms with Crippen LogP contribution in [0, 0.1) is 0 Å². The van der Waals surface area contributed by atoms with Crippen molar-refractivity contribution >= 4 is 25.1 Å². The summed E-state index contributed by atoms with van der Waals surface area (Å²) in [4.78, 5) is 24.5. The number of alkyl carbamates (subject to hydrolysis) is 1. The molecule has 1 fully saturated rings. The monoisotopic (exact) mass is 463 g/mol. The first kappa shape index (κ1) is 24.0. The highest BCUT2D eigenvalue weighted by atomic mass is 16.7. The third kappa shape index (κ3) is 5.34. The second kappa shape index (κ2) is 9.64. The molecule has 2 aliphatic rings. The summed E-state index contributed by atoms with van der Waals surface area (Å²) < 4.78 is 23.5. The van der Waals surface area contributed by atoms with E-state index in [1.165, 1.54) is 0 Å². The van der Waals surface area contributed by atoms with Crippen LogP contribution in [-0.4, -0.2) is 43.3 Å². The predicted octanol–water partition coefficient (Wildman–Crippen LogP) is 4.59. The number of rotatable bonds is 6. The van der Waals surface area contributed by atoms with E-state index in [-0.39, 0.29) is 18.9 Å². The summed E-state index contributed by atoms with van der Waals surface area (Å²) in [6.07, 6.45) is 1.74. The van der Waals surface area contributed by atoms with Gasteiger partial charge in [-0.2, -0.15) is 0 Å². The van der Waals surface area contributed by atoms with Crippen molar-refractivity contribution in [2.75, 3.05) is 13.2 Å². The molecule has 1 saturated heterocycles. The van der Waals surface area contributed by atoms with Gasteiger partial charge in [-0.05, 0) is 56.4 Å². The van der Waals surface area contributed by atoms with Gasteiger partial charge >= 0.3 is 13.2 Å². The van der Waals surface area contributed by atoms with Crippen molar-refractivity contribution in [1.82, 2.24) is 5.32 Å². The van der Waals surface area contributed by atoms with Crippen LogP contribution >= 0.6 is 0 Å². The van der Waals surface area contributed by atoms with E-state index in [1.807, 2.05) is 76.2 Å². The third-order valence-corrected chi connectivity index (χ3v) is 6.45. The van der Waals surface area contributed by atoms with Crippen molar-refractivity contribution in [3.63, 3.8) is 0 Å². The van der Waals surface area contributed by atoms with Crippen LogP contribution in [0.2, 0.25) is 0 Å². The minimum Gasteiger partial charge on any atom is -0.492 e. The number of nitrogens with one attached hydrogen (secondary N) is 1. The van der Waals surface area contributed by atoms with E-state index in [4.69, 9.17) is 18.8 Å². The van der Waals surface area contributed by atoms with E-state index in [0.29, 0.717) is 24.3 Å². The molecule has 2 aliphatic heterocycles. The molecule has 2 aromatic rings. The normalized spacial score (nSPS) is 18.8. The SMILES string of the molecule is CC1(C)OB(C(=Cc2ccc3c(c2)OCCC3=O)CNC(=O)OCc2ccccc2)OC1(C)C. The Bertz CT molecular complexity index is 1080. The van der Waals surface area contributed by atoms with Crippen molar-refractivity contribution in [1.29, 1.82) is 0 Å². The van der Waals surface area contributed by atoms with Crippen LogP contribution in [0.5, 0.6) is 5.75 Å². The molecule has 0 radical (unpaired) electrons. The number of hydrogen-bond acceptors (Lipinski definition) is 6. The maximum Gasteiger partial charge on any atom is 0.492 e. The van der Waals surface area contributed by atoms with Crippen molar-refractivity contribution < 1.29 is 28.4 Å². The number of amides is 1. The molecule has 0 spiro atoms. The van der Waals surface area contributed by atoms with Crippen LogP contribution in [-0.2, 0) is 20.7 Å². The highest BCUT2D eigenvalue weighted by molar-refractivity contribution is 6.56. The van der Waals surface area contributed by atoms with Crippen LogP contribution in [0.1, 0.15) is 55.6 Å². The Kier molecular flexibility index (Phi) is 6.82. The Morgan fingerprint density at radius 1 is 1.09 bits per heavy atom. The fourth-order valence-corrected chi connectivity index (χ4v) is 3.73. The molecule has 0 aromatic heterocycles. The van der Waals surface area contributed by atoms with Crippen LogP contribution in [0.3, 0.4) is 0 Å². The second-order valence-corrected chi connectivity index (χ2v) is 9.50. The molecule has 2 heterocycles. The number of carbonyl (C=O) groups is 2. The number of hydrogen-bond donors (Lipinski definition) is 1. The smallest absolute Gasteiger partial charge is 0.492 e. The molecule has 7 nitrogen and oxygen atoms in total. The molecule has 178 valence electrons. The second-order valence-electron chi connectivity index (χ2n) is 9.50. The lowest BCUT2D eigenvalue weighted by Crippen LogP contribution is -2.41. The highest BCUT2D eigenvalue weighted by Crippen LogP contribution is 2.39. The maximum atomic E-state index is 12.4. The van der Waals surface area contributed by atoms with Gasteiger partial charge in [0.25, 0.3) is 0 Å². The van der Waals surface area contributed by atoms with Crippen molar-refractivity contribution in [3.05, 3.63) is 70.7 Å². The zero-order valence-electron chi connectivity index (χ0n) is 20.1. The number of carbonyl (C=O) groups excluding carboxylic acids is 2. The molecule has 8 heteroatoms. The molecule has 34 heavy (non-hydrogen) atoms. The van der Waals surface area contributed by atoms with Crippen molar-refractivity contribution in [2.24, 2.45) is 0 Å². The molecule has 0 bridgehead atoms. The first-order valence-electron chi connectivity index (χ1n) is 11.5. The van der Waals surface area contributed by atoms with Crippen molar-refractivity contribution in [2.45, 2.75) is 51.9 Å². The van der Waals surface area contributed by atoms with Gasteiger partial charge in [0.2, 0.25) is 0 Å². The van der Waals surface area contributed by atoms with Gasteiger partial charge in [0.15, 0.2) is 5.78 Å². The molecule has 0 unspecified atom stereocenters. The van der Waals surface area contributed by atoms with Gasteiger partial charge in [0.05, 0.1) is 23.4 Å². The van der Waals surface area contributed by atoms with Gasteiger partial charge < -0.3 is 24.1 Å². The Morgan fingerprint density at radius 3 is 2.50 bits per heavy atom. The van der Waals surface area contributed by atoms with Gasteiger partial charge in [-0.3, -0.25) is 4.79 Å². The van der Waals surface area contributed by atoms with Gasteiger partial charge in [0.1, 0.15) is 12.4 Å². The van der Waals surface area contributed by atoms with E-state index < -0.39 is 24.4 Å². The summed E-state index contributed by atoms with van der Waals surface area (Å²) in [6, 6.07) is 14.9. The number of Topliss-reactive ketones (excluding diaryl/α,β-unsaturated/α-hetero) is 1. The summed E-state index contributed by atoms with van der Waals surface area (Å²) in [7, 11) is -0.655. The summed E-state index contributed by atoms with van der Waals surface area (Å²) in [6.45, 7) is 8.63. The quantitative estimate of drug-likeness (QED) is 0.631. The Labute approximate surface area is 200 Å². The predicted molar refractivity (Wildman–Crippen MR) is 130 cm³/mol. The molecule has 2 aromatic carbocycles. The third-order valence-electron chi connectivity index (χ3n) is 6.45. The minimum atomic E-state index is -0.655. The van der Waals surface area contributed by atoms with E-state index in [1.54, 1.807) is 6.07 Å². The number of fused-ring (bicyclic) bond motifs is 1. The maximum absolute atomic E-state index is 12.4. The molecular formula is C26H30BNO6. The standard InChI is InChI=1S/C26H30BNO6/c1-25(2)26(3,4)34-27(33-25)20(16-28-24(30)32-17-18-8-6-5-7-9-18)14-19-10-11-21-22(29)12-13-31-23(21)15-19/h5-11,14-15H,12-13,16-17H2,1-4H3,(H,28,30). The zero-order valence-corrected chi connectivity index (χ0v) is 20.1. The molecule has 1 amide bonds. The fraction of sp³-hybridized carbons (Fsp3) is 0.385. The fourth-order valence-electron chi connectivity index (χ4n) is 3.73. The number of benzene rings is 2. The van der Waals surface area contributed by atoms with E-state index in [9.17, 15) is 9.59 Å². The Morgan fingerprint density at radius 2 is 1.79 bits per heavy atom. The molecular weight excluding hydrogens is 433 g/mol. The first-order valence-corrected chi connectivity index (χ1v) is 11.5. The lowest BCUT2D eigenvalue weighted by atomic mass is 9.77. The van der Waals surface area contributed by atoms with Gasteiger partial charge in [-0.25, -0.2) is 4.79 Å². The van der Waals surface area contributed by atoms with Crippen LogP contribution in [0.15, 0.2) is 54.0 Å². The van der Waals surface area contributed by atoms with Gasteiger partial charge in [0, 0.05) is 13.0 Å². The zero-order chi connectivity index (χ0) is 24.3. The summed E-state index contributed by atoms with van der Waals surface area (Å²) >= 11 is 0. The average Bonchev–Trinajstić information content (AvgIpc) is 3.02. The average molecular weight is 463 g/mol. The van der Waals surface area contributed by atoms with Crippen LogP contribution in [0.4, 0.5) is 4.79 Å². The summed E-state index contributed by atoms with van der Waals surface area (Å²) in [5.74, 6) is 0.638. The Hall–Kier alpha value is -3.10. The largest absolute Gasteiger partial charge is 0.492 e. The first-order chi connectivity index (χ1) is 16.1. The minimum absolute atomic E-state index is 0.0748. The molecule has 1 N–H and O–H groups in total. The summed E-state index contributed by atoms with van der Waals surface area (Å²) in [5, 5.41) is 2.80.